The number of carboxylic acids is 1. The summed E-state index contributed by atoms with van der Waals surface area (Å²) in [6.07, 6.45) is 1.81. The van der Waals surface area contributed by atoms with Crippen LogP contribution in [-0.4, -0.2) is 28.3 Å². The van der Waals surface area contributed by atoms with Crippen LogP contribution in [-0.2, 0) is 4.79 Å². The zero-order chi connectivity index (χ0) is 15.3. The van der Waals surface area contributed by atoms with Crippen molar-refractivity contribution in [3.8, 4) is 5.75 Å². The molecule has 0 spiro atoms. The Bertz CT molecular complexity index is 541. The summed E-state index contributed by atoms with van der Waals surface area (Å²) in [5, 5.41) is 8.62. The van der Waals surface area contributed by atoms with E-state index in [0.29, 0.717) is 0 Å². The zero-order valence-electron chi connectivity index (χ0n) is 10.3. The fourth-order valence-corrected chi connectivity index (χ4v) is 1.75. The topological polar surface area (TPSA) is 63.6 Å². The summed E-state index contributed by atoms with van der Waals surface area (Å²) in [6.45, 7) is -1.49. The molecule has 0 aliphatic rings. The second kappa shape index (κ2) is 7.14. The first kappa shape index (κ1) is 16.3. The second-order valence-corrected chi connectivity index (χ2v) is 5.12. The minimum Gasteiger partial charge on any atom is -0.478 e. The van der Waals surface area contributed by atoms with E-state index in [1.807, 2.05) is 0 Å². The third-order valence-electron chi connectivity index (χ3n) is 2.30. The molecule has 0 amide bonds. The van der Waals surface area contributed by atoms with E-state index >= 15 is 0 Å². The Morgan fingerprint density at radius 2 is 2.05 bits per heavy atom. The number of hydrogen-bond donors (Lipinski definition) is 1. The Kier molecular flexibility index (Phi) is 5.82. The summed E-state index contributed by atoms with van der Waals surface area (Å²) in [5.74, 6) is -1.88. The molecule has 0 heterocycles. The van der Waals surface area contributed by atoms with Crippen LogP contribution < -0.4 is 4.74 Å². The molecule has 4 nitrogen and oxygen atoms in total. The largest absolute Gasteiger partial charge is 0.478 e. The maximum absolute atomic E-state index is 12.3. The molecule has 0 saturated heterocycles. The van der Waals surface area contributed by atoms with Crippen LogP contribution in [0.1, 0.15) is 22.8 Å². The summed E-state index contributed by atoms with van der Waals surface area (Å²) in [7, 11) is 0. The summed E-state index contributed by atoms with van der Waals surface area (Å²) < 4.78 is 29.0. The molecule has 0 aliphatic carbocycles. The van der Waals surface area contributed by atoms with E-state index < -0.39 is 17.4 Å². The van der Waals surface area contributed by atoms with Crippen molar-refractivity contribution < 1.29 is 28.2 Å². The number of carboxylic acid groups (broad SMARTS) is 1. The Morgan fingerprint density at radius 3 is 2.55 bits per heavy atom. The van der Waals surface area contributed by atoms with Crippen LogP contribution in [0, 0.1) is 0 Å². The molecular formula is C13H11BrF2O4. The van der Waals surface area contributed by atoms with Gasteiger partial charge in [0, 0.05) is 17.2 Å². The standard InChI is InChI=1S/C13H11BrF2O4/c1-7(14)12(19)9-3-2-4-10(20-13(15)16)8(9)5-6-11(17)18/h2-7,13H,1H3,(H,17,18). The molecule has 0 radical (unpaired) electrons. The van der Waals surface area contributed by atoms with Gasteiger partial charge in [-0.05, 0) is 19.1 Å². The zero-order valence-corrected chi connectivity index (χ0v) is 11.9. The third kappa shape index (κ3) is 4.41. The van der Waals surface area contributed by atoms with E-state index in [1.165, 1.54) is 18.2 Å². The summed E-state index contributed by atoms with van der Waals surface area (Å²) in [4.78, 5) is 22.0. The molecule has 108 valence electrons. The van der Waals surface area contributed by atoms with Crippen molar-refractivity contribution in [1.29, 1.82) is 0 Å². The summed E-state index contributed by atoms with van der Waals surface area (Å²) in [5.41, 5.74) is 0.108. The van der Waals surface area contributed by atoms with E-state index in [9.17, 15) is 18.4 Å². The Labute approximate surface area is 122 Å². The smallest absolute Gasteiger partial charge is 0.387 e. The summed E-state index contributed by atoms with van der Waals surface area (Å²) >= 11 is 3.09. The molecule has 1 aromatic carbocycles. The van der Waals surface area contributed by atoms with Crippen molar-refractivity contribution in [2.75, 3.05) is 0 Å². The fraction of sp³-hybridized carbons (Fsp3) is 0.231. The monoisotopic (exact) mass is 348 g/mol. The van der Waals surface area contributed by atoms with Gasteiger partial charge in [0.2, 0.25) is 0 Å². The van der Waals surface area contributed by atoms with Crippen LogP contribution in [0.2, 0.25) is 0 Å². The van der Waals surface area contributed by atoms with E-state index in [4.69, 9.17) is 5.11 Å². The molecular weight excluding hydrogens is 338 g/mol. The van der Waals surface area contributed by atoms with Gasteiger partial charge in [0.25, 0.3) is 0 Å². The van der Waals surface area contributed by atoms with E-state index in [1.54, 1.807) is 6.92 Å². The first-order chi connectivity index (χ1) is 9.32. The maximum atomic E-state index is 12.3. The molecule has 0 aromatic heterocycles. The molecule has 1 N–H and O–H groups in total. The number of ether oxygens (including phenoxy) is 1. The van der Waals surface area contributed by atoms with Crippen molar-refractivity contribution in [3.63, 3.8) is 0 Å². The minimum absolute atomic E-state index is 0.00602. The number of Topliss-reactive ketones (excluding diaryl/α,β-unsaturated/α-hetero) is 1. The second-order valence-electron chi connectivity index (χ2n) is 3.75. The molecule has 1 aromatic rings. The number of carbonyl (C=O) groups is 2. The Balaban J connectivity index is 3.35. The highest BCUT2D eigenvalue weighted by molar-refractivity contribution is 9.10. The van der Waals surface area contributed by atoms with Gasteiger partial charge in [-0.25, -0.2) is 4.79 Å². The molecule has 1 atom stereocenters. The molecule has 1 rings (SSSR count). The quantitative estimate of drug-likeness (QED) is 0.486. The van der Waals surface area contributed by atoms with Crippen LogP contribution in [0.15, 0.2) is 24.3 Å². The normalized spacial score (nSPS) is 12.7. The van der Waals surface area contributed by atoms with Crippen LogP contribution in [0.25, 0.3) is 6.08 Å². The molecule has 20 heavy (non-hydrogen) atoms. The molecule has 0 fully saturated rings. The lowest BCUT2D eigenvalue weighted by molar-refractivity contribution is -0.131. The lowest BCUT2D eigenvalue weighted by Gasteiger charge is -2.12. The van der Waals surface area contributed by atoms with Crippen LogP contribution in [0.4, 0.5) is 8.78 Å². The van der Waals surface area contributed by atoms with E-state index in [0.717, 1.165) is 12.2 Å². The predicted octanol–water partition coefficient (Wildman–Crippen LogP) is 3.35. The number of carbonyl (C=O) groups excluding carboxylic acids is 1. The number of ketones is 1. The van der Waals surface area contributed by atoms with Gasteiger partial charge >= 0.3 is 12.6 Å². The first-order valence-corrected chi connectivity index (χ1v) is 6.41. The van der Waals surface area contributed by atoms with Gasteiger partial charge < -0.3 is 9.84 Å². The van der Waals surface area contributed by atoms with Crippen LogP contribution in [0.3, 0.4) is 0 Å². The lowest BCUT2D eigenvalue weighted by Crippen LogP contribution is -2.13. The Hall–Kier alpha value is -1.76. The van der Waals surface area contributed by atoms with Gasteiger partial charge in [0.05, 0.1) is 4.83 Å². The number of rotatable bonds is 6. The van der Waals surface area contributed by atoms with Crippen LogP contribution >= 0.6 is 15.9 Å². The van der Waals surface area contributed by atoms with Gasteiger partial charge in [0.15, 0.2) is 5.78 Å². The molecule has 0 saturated carbocycles. The van der Waals surface area contributed by atoms with Gasteiger partial charge in [-0.2, -0.15) is 8.78 Å². The van der Waals surface area contributed by atoms with Crippen molar-refractivity contribution in [3.05, 3.63) is 35.4 Å². The number of hydrogen-bond acceptors (Lipinski definition) is 3. The number of aliphatic carboxylic acids is 1. The number of halogens is 3. The number of benzene rings is 1. The van der Waals surface area contributed by atoms with Gasteiger partial charge in [-0.3, -0.25) is 4.79 Å². The van der Waals surface area contributed by atoms with E-state index in [2.05, 4.69) is 20.7 Å². The summed E-state index contributed by atoms with van der Waals surface area (Å²) in [6, 6.07) is 4.04. The van der Waals surface area contributed by atoms with Crippen molar-refractivity contribution in [1.82, 2.24) is 0 Å². The number of alkyl halides is 3. The van der Waals surface area contributed by atoms with Crippen molar-refractivity contribution in [2.24, 2.45) is 0 Å². The average Bonchev–Trinajstić information content (AvgIpc) is 2.35. The Morgan fingerprint density at radius 1 is 1.40 bits per heavy atom. The maximum Gasteiger partial charge on any atom is 0.387 e. The molecule has 1 unspecified atom stereocenters. The van der Waals surface area contributed by atoms with E-state index in [-0.39, 0.29) is 22.7 Å². The van der Waals surface area contributed by atoms with Crippen LogP contribution in [0.5, 0.6) is 5.75 Å². The highest BCUT2D eigenvalue weighted by Crippen LogP contribution is 2.27. The molecule has 0 bridgehead atoms. The van der Waals surface area contributed by atoms with Gasteiger partial charge in [-0.1, -0.05) is 28.1 Å². The third-order valence-corrected chi connectivity index (χ3v) is 2.72. The van der Waals surface area contributed by atoms with Crippen molar-refractivity contribution in [2.45, 2.75) is 18.4 Å². The minimum atomic E-state index is -3.07. The average molecular weight is 349 g/mol. The highest BCUT2D eigenvalue weighted by atomic mass is 79.9. The SMILES string of the molecule is CC(Br)C(=O)c1cccc(OC(F)F)c1C=CC(=O)O. The van der Waals surface area contributed by atoms with Gasteiger partial charge in [-0.15, -0.1) is 0 Å². The first-order valence-electron chi connectivity index (χ1n) is 5.50. The molecule has 0 aliphatic heterocycles. The highest BCUT2D eigenvalue weighted by Gasteiger charge is 2.19. The molecule has 7 heteroatoms. The fourth-order valence-electron chi connectivity index (χ4n) is 1.50. The van der Waals surface area contributed by atoms with Gasteiger partial charge in [0.1, 0.15) is 5.75 Å². The van der Waals surface area contributed by atoms with Crippen molar-refractivity contribution >= 4 is 33.8 Å². The lowest BCUT2D eigenvalue weighted by atomic mass is 10.0. The predicted molar refractivity (Wildman–Crippen MR) is 72.5 cm³/mol.